The summed E-state index contributed by atoms with van der Waals surface area (Å²) >= 11 is 0. The molecule has 0 aliphatic rings. The zero-order chi connectivity index (χ0) is 13.4. The van der Waals surface area contributed by atoms with Gasteiger partial charge in [0, 0.05) is 12.6 Å². The molecule has 0 aliphatic heterocycles. The van der Waals surface area contributed by atoms with Crippen LogP contribution in [-0.4, -0.2) is 30.3 Å². The number of hydrogen-bond donors (Lipinski definition) is 2. The molecule has 0 unspecified atom stereocenters. The molecule has 0 aromatic heterocycles. The highest BCUT2D eigenvalue weighted by Gasteiger charge is 1.97. The first-order valence-corrected chi connectivity index (χ1v) is 5.95. The van der Waals surface area contributed by atoms with Crippen molar-refractivity contribution in [3.8, 4) is 5.75 Å². The summed E-state index contributed by atoms with van der Waals surface area (Å²) in [5.41, 5.74) is 0.922. The Morgan fingerprint density at radius 2 is 2.06 bits per heavy atom. The number of rotatable bonds is 6. The van der Waals surface area contributed by atoms with Gasteiger partial charge >= 0.3 is 0 Å². The van der Waals surface area contributed by atoms with Crippen LogP contribution in [0.3, 0.4) is 0 Å². The molecule has 0 bridgehead atoms. The van der Waals surface area contributed by atoms with Crippen LogP contribution in [0.5, 0.6) is 5.75 Å². The summed E-state index contributed by atoms with van der Waals surface area (Å²) < 4.78 is 5.52. The number of benzene rings is 1. The fourth-order valence-electron chi connectivity index (χ4n) is 1.34. The van der Waals surface area contributed by atoms with Crippen LogP contribution >= 0.6 is 0 Å². The Labute approximate surface area is 107 Å². The van der Waals surface area contributed by atoms with Crippen molar-refractivity contribution in [3.05, 3.63) is 35.9 Å². The molecule has 2 N–H and O–H groups in total. The first-order chi connectivity index (χ1) is 8.61. The molecule has 0 heterocycles. The molecule has 0 saturated carbocycles. The van der Waals surface area contributed by atoms with Crippen LogP contribution in [0, 0.1) is 0 Å². The Balaban J connectivity index is 2.52. The molecule has 4 nitrogen and oxygen atoms in total. The van der Waals surface area contributed by atoms with Gasteiger partial charge in [-0.3, -0.25) is 4.79 Å². The van der Waals surface area contributed by atoms with Crippen LogP contribution in [0.2, 0.25) is 0 Å². The normalized spacial score (nSPS) is 10.9. The molecular weight excluding hydrogens is 230 g/mol. The summed E-state index contributed by atoms with van der Waals surface area (Å²) in [6, 6.07) is 7.50. The first-order valence-electron chi connectivity index (χ1n) is 5.95. The Kier molecular flexibility index (Phi) is 5.94. The third-order valence-corrected chi connectivity index (χ3v) is 2.09. The highest BCUT2D eigenvalue weighted by atomic mass is 16.5. The molecular formula is C14H19NO3. The minimum atomic E-state index is -0.216. The van der Waals surface area contributed by atoms with Crippen molar-refractivity contribution < 1.29 is 14.6 Å². The number of amides is 1. The van der Waals surface area contributed by atoms with E-state index in [0.29, 0.717) is 0 Å². The predicted octanol–water partition coefficient (Wildman–Crippen LogP) is 1.60. The Hall–Kier alpha value is -1.81. The summed E-state index contributed by atoms with van der Waals surface area (Å²) in [5, 5.41) is 11.1. The maximum Gasteiger partial charge on any atom is 0.244 e. The molecule has 1 rings (SSSR count). The van der Waals surface area contributed by atoms with Gasteiger partial charge in [-0.15, -0.1) is 0 Å². The second kappa shape index (κ2) is 7.50. The van der Waals surface area contributed by atoms with E-state index in [9.17, 15) is 4.79 Å². The molecule has 98 valence electrons. The van der Waals surface area contributed by atoms with E-state index in [-0.39, 0.29) is 25.2 Å². The van der Waals surface area contributed by atoms with Crippen molar-refractivity contribution >= 4 is 12.0 Å². The SMILES string of the molecule is CC(C)Oc1ccc(/C=C/C(=O)NCCO)cc1. The van der Waals surface area contributed by atoms with Crippen LogP contribution in [0.25, 0.3) is 6.08 Å². The van der Waals surface area contributed by atoms with Crippen LogP contribution in [-0.2, 0) is 4.79 Å². The van der Waals surface area contributed by atoms with Gasteiger partial charge in [-0.2, -0.15) is 0 Å². The highest BCUT2D eigenvalue weighted by Crippen LogP contribution is 2.14. The lowest BCUT2D eigenvalue weighted by Crippen LogP contribution is -2.24. The maximum atomic E-state index is 11.3. The largest absolute Gasteiger partial charge is 0.491 e. The lowest BCUT2D eigenvalue weighted by atomic mass is 10.2. The molecule has 18 heavy (non-hydrogen) atoms. The third-order valence-electron chi connectivity index (χ3n) is 2.09. The molecule has 1 aromatic rings. The molecule has 0 radical (unpaired) electrons. The van der Waals surface area contributed by atoms with E-state index in [1.165, 1.54) is 6.08 Å². The fourth-order valence-corrected chi connectivity index (χ4v) is 1.34. The van der Waals surface area contributed by atoms with Crippen molar-refractivity contribution in [2.45, 2.75) is 20.0 Å². The lowest BCUT2D eigenvalue weighted by molar-refractivity contribution is -0.116. The van der Waals surface area contributed by atoms with Crippen LogP contribution in [0.4, 0.5) is 0 Å². The number of aliphatic hydroxyl groups is 1. The van der Waals surface area contributed by atoms with Gasteiger partial charge in [-0.25, -0.2) is 0 Å². The second-order valence-electron chi connectivity index (χ2n) is 4.08. The average molecular weight is 249 g/mol. The number of aliphatic hydroxyl groups excluding tert-OH is 1. The standard InChI is InChI=1S/C14H19NO3/c1-11(2)18-13-6-3-12(4-7-13)5-8-14(17)15-9-10-16/h3-8,11,16H,9-10H2,1-2H3,(H,15,17)/b8-5+. The lowest BCUT2D eigenvalue weighted by Gasteiger charge is -2.09. The summed E-state index contributed by atoms with van der Waals surface area (Å²) in [6.07, 6.45) is 3.30. The Morgan fingerprint density at radius 3 is 2.61 bits per heavy atom. The number of ether oxygens (including phenoxy) is 1. The Bertz CT molecular complexity index is 396. The van der Waals surface area contributed by atoms with E-state index in [2.05, 4.69) is 5.32 Å². The van der Waals surface area contributed by atoms with E-state index in [1.54, 1.807) is 6.08 Å². The number of carbonyl (C=O) groups excluding carboxylic acids is 1. The minimum Gasteiger partial charge on any atom is -0.491 e. The molecule has 0 atom stereocenters. The van der Waals surface area contributed by atoms with Crippen molar-refractivity contribution in [3.63, 3.8) is 0 Å². The van der Waals surface area contributed by atoms with E-state index < -0.39 is 0 Å². The average Bonchev–Trinajstić information content (AvgIpc) is 2.35. The predicted molar refractivity (Wildman–Crippen MR) is 71.3 cm³/mol. The van der Waals surface area contributed by atoms with E-state index in [0.717, 1.165) is 11.3 Å². The Morgan fingerprint density at radius 1 is 1.39 bits per heavy atom. The van der Waals surface area contributed by atoms with Crippen LogP contribution in [0.15, 0.2) is 30.3 Å². The monoisotopic (exact) mass is 249 g/mol. The van der Waals surface area contributed by atoms with Crippen molar-refractivity contribution in [1.82, 2.24) is 5.32 Å². The zero-order valence-electron chi connectivity index (χ0n) is 10.7. The zero-order valence-corrected chi connectivity index (χ0v) is 10.7. The molecule has 1 amide bonds. The topological polar surface area (TPSA) is 58.6 Å². The van der Waals surface area contributed by atoms with Gasteiger partial charge in [-0.1, -0.05) is 12.1 Å². The van der Waals surface area contributed by atoms with Gasteiger partial charge in [0.15, 0.2) is 0 Å². The first kappa shape index (κ1) is 14.3. The molecule has 0 fully saturated rings. The van der Waals surface area contributed by atoms with Gasteiger partial charge in [0.1, 0.15) is 5.75 Å². The molecule has 0 saturated heterocycles. The summed E-state index contributed by atoms with van der Waals surface area (Å²) in [5.74, 6) is 0.596. The summed E-state index contributed by atoms with van der Waals surface area (Å²) in [7, 11) is 0. The fraction of sp³-hybridized carbons (Fsp3) is 0.357. The molecule has 0 spiro atoms. The van der Waals surface area contributed by atoms with Gasteiger partial charge in [0.05, 0.1) is 12.7 Å². The van der Waals surface area contributed by atoms with Gasteiger partial charge in [-0.05, 0) is 37.6 Å². The maximum absolute atomic E-state index is 11.3. The molecule has 0 aliphatic carbocycles. The highest BCUT2D eigenvalue weighted by molar-refractivity contribution is 5.91. The number of hydrogen-bond acceptors (Lipinski definition) is 3. The van der Waals surface area contributed by atoms with Crippen molar-refractivity contribution in [2.75, 3.05) is 13.2 Å². The van der Waals surface area contributed by atoms with Crippen LogP contribution < -0.4 is 10.1 Å². The van der Waals surface area contributed by atoms with Gasteiger partial charge in [0.2, 0.25) is 5.91 Å². The van der Waals surface area contributed by atoms with Crippen molar-refractivity contribution in [1.29, 1.82) is 0 Å². The van der Waals surface area contributed by atoms with E-state index in [1.807, 2.05) is 38.1 Å². The third kappa shape index (κ3) is 5.50. The van der Waals surface area contributed by atoms with Crippen molar-refractivity contribution in [2.24, 2.45) is 0 Å². The second-order valence-corrected chi connectivity index (χ2v) is 4.08. The number of nitrogens with one attached hydrogen (secondary N) is 1. The minimum absolute atomic E-state index is 0.0547. The van der Waals surface area contributed by atoms with Crippen LogP contribution in [0.1, 0.15) is 19.4 Å². The summed E-state index contributed by atoms with van der Waals surface area (Å²) in [6.45, 7) is 4.16. The molecule has 1 aromatic carbocycles. The van der Waals surface area contributed by atoms with Gasteiger partial charge in [0.25, 0.3) is 0 Å². The summed E-state index contributed by atoms with van der Waals surface area (Å²) in [4.78, 5) is 11.3. The quantitative estimate of drug-likeness (QED) is 0.753. The smallest absolute Gasteiger partial charge is 0.244 e. The number of carbonyl (C=O) groups is 1. The molecule has 4 heteroatoms. The van der Waals surface area contributed by atoms with Gasteiger partial charge < -0.3 is 15.2 Å². The van der Waals surface area contributed by atoms with E-state index in [4.69, 9.17) is 9.84 Å². The van der Waals surface area contributed by atoms with E-state index >= 15 is 0 Å².